The number of sulfonamides is 1. The lowest BCUT2D eigenvalue weighted by molar-refractivity contribution is -0.119. The largest absolute Gasteiger partial charge is 0.452 e. The van der Waals surface area contributed by atoms with Gasteiger partial charge in [-0.3, -0.25) is 4.79 Å². The summed E-state index contributed by atoms with van der Waals surface area (Å²) in [6, 6.07) is 22.4. The Morgan fingerprint density at radius 3 is 2.39 bits per heavy atom. The van der Waals surface area contributed by atoms with E-state index in [1.54, 1.807) is 12.1 Å². The fraction of sp³-hybridized carbons (Fsp3) is 0.0909. The topological polar surface area (TPSA) is 102 Å². The van der Waals surface area contributed by atoms with Gasteiger partial charge in [0.1, 0.15) is 0 Å². The normalized spacial score (nSPS) is 11.0. The van der Waals surface area contributed by atoms with Crippen molar-refractivity contribution >= 4 is 39.3 Å². The number of anilines is 1. The van der Waals surface area contributed by atoms with Gasteiger partial charge in [-0.05, 0) is 49.5 Å². The van der Waals surface area contributed by atoms with Gasteiger partial charge in [-0.15, -0.1) is 0 Å². The quantitative estimate of drug-likeness (QED) is 0.503. The van der Waals surface area contributed by atoms with Crippen molar-refractivity contribution in [3.63, 3.8) is 0 Å². The third-order valence-corrected chi connectivity index (χ3v) is 6.61. The van der Waals surface area contributed by atoms with Crippen LogP contribution >= 0.6 is 11.8 Å². The van der Waals surface area contributed by atoms with Crippen molar-refractivity contribution in [1.29, 1.82) is 0 Å². The summed E-state index contributed by atoms with van der Waals surface area (Å²) in [4.78, 5) is 26.4. The molecule has 0 saturated carbocycles. The molecule has 0 aliphatic rings. The number of benzene rings is 3. The number of carbonyl (C=O) groups excluding carboxylic acids is 2. The molecular formula is C22H20N2O5S2. The summed E-state index contributed by atoms with van der Waals surface area (Å²) in [5, 5.41) is 2.74. The highest BCUT2D eigenvalue weighted by atomic mass is 32.2. The number of ether oxygens (including phenoxy) is 1. The van der Waals surface area contributed by atoms with Gasteiger partial charge in [0.25, 0.3) is 5.91 Å². The minimum Gasteiger partial charge on any atom is -0.452 e. The van der Waals surface area contributed by atoms with E-state index in [2.05, 4.69) is 10.0 Å². The predicted octanol–water partition coefficient (Wildman–Crippen LogP) is 3.54. The van der Waals surface area contributed by atoms with Crippen molar-refractivity contribution in [2.75, 3.05) is 19.0 Å². The van der Waals surface area contributed by atoms with Crippen LogP contribution in [0.4, 0.5) is 5.69 Å². The Morgan fingerprint density at radius 1 is 0.935 bits per heavy atom. The first-order chi connectivity index (χ1) is 14.9. The van der Waals surface area contributed by atoms with E-state index < -0.39 is 28.5 Å². The van der Waals surface area contributed by atoms with Crippen LogP contribution in [-0.2, 0) is 19.6 Å². The lowest BCUT2D eigenvalue weighted by Gasteiger charge is -2.11. The fourth-order valence-corrected chi connectivity index (χ4v) is 4.28. The maximum atomic E-state index is 12.3. The van der Waals surface area contributed by atoms with E-state index in [-0.39, 0.29) is 10.5 Å². The van der Waals surface area contributed by atoms with Crippen molar-refractivity contribution in [3.8, 4) is 0 Å². The fourth-order valence-electron chi connectivity index (χ4n) is 2.58. The van der Waals surface area contributed by atoms with E-state index in [1.807, 2.05) is 42.5 Å². The van der Waals surface area contributed by atoms with Crippen LogP contribution in [0.3, 0.4) is 0 Å². The number of rotatable bonds is 8. The Bertz CT molecular complexity index is 1180. The molecule has 3 aromatic rings. The molecule has 0 atom stereocenters. The second-order valence-corrected chi connectivity index (χ2v) is 9.27. The van der Waals surface area contributed by atoms with Crippen LogP contribution < -0.4 is 10.0 Å². The molecule has 7 nitrogen and oxygen atoms in total. The summed E-state index contributed by atoms with van der Waals surface area (Å²) in [5.41, 5.74) is 0.628. The summed E-state index contributed by atoms with van der Waals surface area (Å²) in [5.74, 6) is -1.30. The Hall–Kier alpha value is -3.14. The first-order valence-corrected chi connectivity index (χ1v) is 11.5. The maximum Gasteiger partial charge on any atom is 0.338 e. The van der Waals surface area contributed by atoms with Gasteiger partial charge in [-0.1, -0.05) is 48.2 Å². The van der Waals surface area contributed by atoms with E-state index in [4.69, 9.17) is 4.74 Å². The smallest absolute Gasteiger partial charge is 0.338 e. The molecule has 0 aliphatic carbocycles. The van der Waals surface area contributed by atoms with Crippen molar-refractivity contribution < 1.29 is 22.7 Å². The van der Waals surface area contributed by atoms with Crippen molar-refractivity contribution in [2.24, 2.45) is 0 Å². The molecule has 160 valence electrons. The lowest BCUT2D eigenvalue weighted by atomic mass is 10.2. The molecule has 0 aromatic heterocycles. The second kappa shape index (κ2) is 10.3. The van der Waals surface area contributed by atoms with Crippen LogP contribution in [0.1, 0.15) is 10.4 Å². The highest BCUT2D eigenvalue weighted by Gasteiger charge is 2.16. The van der Waals surface area contributed by atoms with Crippen molar-refractivity contribution in [1.82, 2.24) is 4.72 Å². The standard InChI is InChI=1S/C22H20N2O5S2/c1-23-31(27,28)18-11-7-8-16(14-18)22(26)29-15-21(25)24-19-12-5-6-13-20(19)30-17-9-3-2-4-10-17/h2-14,23H,15H2,1H3,(H,24,25). The van der Waals surface area contributed by atoms with Gasteiger partial charge in [0.2, 0.25) is 10.0 Å². The molecule has 0 aliphatic heterocycles. The summed E-state index contributed by atoms with van der Waals surface area (Å²) in [7, 11) is -2.42. The molecule has 0 saturated heterocycles. The third kappa shape index (κ3) is 6.17. The average molecular weight is 457 g/mol. The molecular weight excluding hydrogens is 436 g/mol. The minimum atomic E-state index is -3.70. The molecule has 2 N–H and O–H groups in total. The van der Waals surface area contributed by atoms with Crippen LogP contribution in [0.25, 0.3) is 0 Å². The van der Waals surface area contributed by atoms with Crippen LogP contribution in [0.5, 0.6) is 0 Å². The SMILES string of the molecule is CNS(=O)(=O)c1cccc(C(=O)OCC(=O)Nc2ccccc2Sc2ccccc2)c1. The van der Waals surface area contributed by atoms with Crippen molar-refractivity contribution in [2.45, 2.75) is 14.7 Å². The molecule has 0 radical (unpaired) electrons. The van der Waals surface area contributed by atoms with Gasteiger partial charge >= 0.3 is 5.97 Å². The van der Waals surface area contributed by atoms with Gasteiger partial charge in [-0.2, -0.15) is 0 Å². The molecule has 31 heavy (non-hydrogen) atoms. The van der Waals surface area contributed by atoms with Gasteiger partial charge in [0.15, 0.2) is 6.61 Å². The molecule has 9 heteroatoms. The lowest BCUT2D eigenvalue weighted by Crippen LogP contribution is -2.22. The highest BCUT2D eigenvalue weighted by Crippen LogP contribution is 2.33. The zero-order valence-electron chi connectivity index (χ0n) is 16.6. The van der Waals surface area contributed by atoms with Crippen LogP contribution in [-0.4, -0.2) is 33.9 Å². The van der Waals surface area contributed by atoms with Crippen LogP contribution in [0.2, 0.25) is 0 Å². The number of nitrogens with one attached hydrogen (secondary N) is 2. The average Bonchev–Trinajstić information content (AvgIpc) is 2.79. The Labute approximate surface area is 184 Å². The zero-order valence-corrected chi connectivity index (χ0v) is 18.2. The monoisotopic (exact) mass is 456 g/mol. The number of carbonyl (C=O) groups is 2. The molecule has 0 spiro atoms. The highest BCUT2D eigenvalue weighted by molar-refractivity contribution is 7.99. The second-order valence-electron chi connectivity index (χ2n) is 6.27. The molecule has 1 amide bonds. The number of amides is 1. The van der Waals surface area contributed by atoms with Gasteiger partial charge in [0.05, 0.1) is 16.1 Å². The van der Waals surface area contributed by atoms with E-state index in [1.165, 1.54) is 43.1 Å². The first-order valence-electron chi connectivity index (χ1n) is 9.21. The third-order valence-electron chi connectivity index (χ3n) is 4.12. The van der Waals surface area contributed by atoms with E-state index >= 15 is 0 Å². The molecule has 0 fully saturated rings. The summed E-state index contributed by atoms with van der Waals surface area (Å²) >= 11 is 1.50. The Balaban J connectivity index is 1.62. The Kier molecular flexibility index (Phi) is 7.45. The molecule has 3 rings (SSSR count). The number of hydrogen-bond acceptors (Lipinski definition) is 6. The van der Waals surface area contributed by atoms with Crippen LogP contribution in [0.15, 0.2) is 93.5 Å². The van der Waals surface area contributed by atoms with E-state index in [0.717, 1.165) is 9.79 Å². The zero-order chi connectivity index (χ0) is 22.3. The Morgan fingerprint density at radius 2 is 1.65 bits per heavy atom. The molecule has 0 heterocycles. The predicted molar refractivity (Wildman–Crippen MR) is 119 cm³/mol. The molecule has 0 unspecified atom stereocenters. The van der Waals surface area contributed by atoms with Crippen molar-refractivity contribution in [3.05, 3.63) is 84.4 Å². The summed E-state index contributed by atoms with van der Waals surface area (Å²) < 4.78 is 31.0. The first kappa shape index (κ1) is 22.5. The number of hydrogen-bond donors (Lipinski definition) is 2. The minimum absolute atomic E-state index is 0.0316. The van der Waals surface area contributed by atoms with Gasteiger partial charge < -0.3 is 10.1 Å². The maximum absolute atomic E-state index is 12.3. The summed E-state index contributed by atoms with van der Waals surface area (Å²) in [6.45, 7) is -0.508. The number of esters is 1. The summed E-state index contributed by atoms with van der Waals surface area (Å²) in [6.07, 6.45) is 0. The molecule has 3 aromatic carbocycles. The van der Waals surface area contributed by atoms with E-state index in [9.17, 15) is 18.0 Å². The van der Waals surface area contributed by atoms with Gasteiger partial charge in [-0.25, -0.2) is 17.9 Å². The molecule has 0 bridgehead atoms. The van der Waals surface area contributed by atoms with Crippen LogP contribution in [0, 0.1) is 0 Å². The van der Waals surface area contributed by atoms with Gasteiger partial charge in [0, 0.05) is 9.79 Å². The number of para-hydroxylation sites is 1. The van der Waals surface area contributed by atoms with E-state index in [0.29, 0.717) is 5.69 Å².